The van der Waals surface area contributed by atoms with Crippen LogP contribution in [-0.2, 0) is 17.8 Å². The van der Waals surface area contributed by atoms with Gasteiger partial charge in [0.2, 0.25) is 0 Å². The molecule has 2 rings (SSSR count). The van der Waals surface area contributed by atoms with Crippen molar-refractivity contribution < 1.29 is 4.74 Å². The molecule has 0 radical (unpaired) electrons. The van der Waals surface area contributed by atoms with Crippen molar-refractivity contribution in [3.8, 4) is 11.4 Å². The number of ether oxygens (including phenoxy) is 1. The first-order chi connectivity index (χ1) is 9.17. The van der Waals surface area contributed by atoms with Crippen molar-refractivity contribution in [1.29, 1.82) is 0 Å². The number of hydrogen-bond donors (Lipinski definition) is 0. The number of benzene rings is 1. The van der Waals surface area contributed by atoms with Gasteiger partial charge < -0.3 is 4.74 Å². The van der Waals surface area contributed by atoms with Crippen molar-refractivity contribution >= 4 is 23.2 Å². The first kappa shape index (κ1) is 14.3. The van der Waals surface area contributed by atoms with Crippen LogP contribution in [0.4, 0.5) is 0 Å². The molecule has 0 N–H and O–H groups in total. The summed E-state index contributed by atoms with van der Waals surface area (Å²) >= 11 is 12.3. The molecule has 1 heterocycles. The average molecular weight is 297 g/mol. The summed E-state index contributed by atoms with van der Waals surface area (Å²) < 4.78 is 5.17. The number of rotatable bonds is 4. The molecule has 100 valence electrons. The molecular formula is C14H14Cl2N2O. The lowest BCUT2D eigenvalue weighted by molar-refractivity contribution is 0.185. The van der Waals surface area contributed by atoms with E-state index in [9.17, 15) is 0 Å². The van der Waals surface area contributed by atoms with E-state index < -0.39 is 0 Å². The average Bonchev–Trinajstić information content (AvgIpc) is 2.39. The molecule has 0 bridgehead atoms. The van der Waals surface area contributed by atoms with Gasteiger partial charge in [-0.2, -0.15) is 0 Å². The van der Waals surface area contributed by atoms with Gasteiger partial charge in [0.1, 0.15) is 10.3 Å². The Balaban J connectivity index is 2.53. The predicted molar refractivity (Wildman–Crippen MR) is 77.6 cm³/mol. The molecule has 0 saturated heterocycles. The molecule has 0 spiro atoms. The first-order valence-electron chi connectivity index (χ1n) is 5.96. The van der Waals surface area contributed by atoms with Crippen LogP contribution >= 0.6 is 23.2 Å². The summed E-state index contributed by atoms with van der Waals surface area (Å²) in [6.45, 7) is 2.46. The van der Waals surface area contributed by atoms with Gasteiger partial charge in [-0.15, -0.1) is 0 Å². The smallest absolute Gasteiger partial charge is 0.162 e. The molecule has 3 nitrogen and oxygen atoms in total. The number of hydrogen-bond acceptors (Lipinski definition) is 3. The molecular weight excluding hydrogens is 283 g/mol. The van der Waals surface area contributed by atoms with Crippen LogP contribution in [-0.4, -0.2) is 17.1 Å². The highest BCUT2D eigenvalue weighted by Crippen LogP contribution is 2.27. The van der Waals surface area contributed by atoms with Gasteiger partial charge in [0.15, 0.2) is 5.82 Å². The van der Waals surface area contributed by atoms with E-state index in [1.165, 1.54) is 0 Å². The van der Waals surface area contributed by atoms with Gasteiger partial charge in [-0.25, -0.2) is 9.97 Å². The molecule has 1 aromatic carbocycles. The normalized spacial score (nSPS) is 10.7. The van der Waals surface area contributed by atoms with E-state index in [1.807, 2.05) is 31.2 Å². The molecule has 0 unspecified atom stereocenters. The zero-order valence-electron chi connectivity index (χ0n) is 10.8. The fourth-order valence-electron chi connectivity index (χ4n) is 1.86. The fourth-order valence-corrected chi connectivity index (χ4v) is 2.52. The van der Waals surface area contributed by atoms with E-state index >= 15 is 0 Å². The van der Waals surface area contributed by atoms with Gasteiger partial charge in [0.05, 0.1) is 6.61 Å². The Labute approximate surface area is 122 Å². The Morgan fingerprint density at radius 2 is 1.74 bits per heavy atom. The lowest BCUT2D eigenvalue weighted by Gasteiger charge is -2.10. The summed E-state index contributed by atoms with van der Waals surface area (Å²) in [5.41, 5.74) is 2.66. The van der Waals surface area contributed by atoms with E-state index in [1.54, 1.807) is 7.11 Å². The van der Waals surface area contributed by atoms with Crippen molar-refractivity contribution in [3.63, 3.8) is 0 Å². The molecule has 0 aliphatic heterocycles. The van der Waals surface area contributed by atoms with Crippen molar-refractivity contribution in [1.82, 2.24) is 9.97 Å². The zero-order chi connectivity index (χ0) is 13.8. The number of methoxy groups -OCH3 is 1. The molecule has 0 amide bonds. The highest BCUT2D eigenvalue weighted by atomic mass is 35.5. The minimum Gasteiger partial charge on any atom is -0.380 e. The van der Waals surface area contributed by atoms with Crippen LogP contribution in [0.2, 0.25) is 10.3 Å². The predicted octanol–water partition coefficient (Wildman–Crippen LogP) is 4.16. The van der Waals surface area contributed by atoms with Crippen LogP contribution in [0.5, 0.6) is 0 Å². The van der Waals surface area contributed by atoms with Crippen LogP contribution in [0, 0.1) is 0 Å². The molecule has 0 saturated carbocycles. The maximum atomic E-state index is 6.15. The van der Waals surface area contributed by atoms with Gasteiger partial charge in [-0.3, -0.25) is 0 Å². The van der Waals surface area contributed by atoms with Crippen LogP contribution in [0.25, 0.3) is 11.4 Å². The molecule has 0 fully saturated rings. The van der Waals surface area contributed by atoms with E-state index in [-0.39, 0.29) is 0 Å². The monoisotopic (exact) mass is 296 g/mol. The molecule has 2 aromatic rings. The molecule has 19 heavy (non-hydrogen) atoms. The summed E-state index contributed by atoms with van der Waals surface area (Å²) in [6.07, 6.45) is 0.706. The topological polar surface area (TPSA) is 35.0 Å². The SMILES string of the molecule is CCc1c(Cl)nc(-c2ccccc2COC)nc1Cl. The highest BCUT2D eigenvalue weighted by Gasteiger charge is 2.13. The van der Waals surface area contributed by atoms with Crippen molar-refractivity contribution in [3.05, 3.63) is 45.7 Å². The van der Waals surface area contributed by atoms with Gasteiger partial charge in [-0.1, -0.05) is 54.4 Å². The highest BCUT2D eigenvalue weighted by molar-refractivity contribution is 6.34. The number of aromatic nitrogens is 2. The first-order valence-corrected chi connectivity index (χ1v) is 6.72. The third-order valence-corrected chi connectivity index (χ3v) is 3.44. The van der Waals surface area contributed by atoms with Crippen LogP contribution in [0.1, 0.15) is 18.1 Å². The van der Waals surface area contributed by atoms with Crippen LogP contribution < -0.4 is 0 Å². The second kappa shape index (κ2) is 6.33. The summed E-state index contributed by atoms with van der Waals surface area (Å²) in [5, 5.41) is 0.814. The zero-order valence-corrected chi connectivity index (χ0v) is 12.3. The molecule has 0 atom stereocenters. The van der Waals surface area contributed by atoms with E-state index in [4.69, 9.17) is 27.9 Å². The second-order valence-corrected chi connectivity index (χ2v) is 4.77. The third-order valence-electron chi connectivity index (χ3n) is 2.82. The summed E-state index contributed by atoms with van der Waals surface area (Å²) in [7, 11) is 1.65. The summed E-state index contributed by atoms with van der Waals surface area (Å²) in [4.78, 5) is 8.66. The van der Waals surface area contributed by atoms with E-state index in [0.29, 0.717) is 29.2 Å². The molecule has 5 heteroatoms. The number of nitrogens with zero attached hydrogens (tertiary/aromatic N) is 2. The standard InChI is InChI=1S/C14H14Cl2N2O/c1-3-10-12(15)17-14(18-13(10)16)11-7-5-4-6-9(11)8-19-2/h4-7H,3,8H2,1-2H3. The van der Waals surface area contributed by atoms with Gasteiger partial charge in [0, 0.05) is 18.2 Å². The van der Waals surface area contributed by atoms with Gasteiger partial charge in [-0.05, 0) is 12.0 Å². The van der Waals surface area contributed by atoms with E-state index in [2.05, 4.69) is 9.97 Å². The minimum atomic E-state index is 0.407. The Morgan fingerprint density at radius 1 is 1.11 bits per heavy atom. The largest absolute Gasteiger partial charge is 0.380 e. The van der Waals surface area contributed by atoms with Crippen molar-refractivity contribution in [2.24, 2.45) is 0 Å². The van der Waals surface area contributed by atoms with Crippen molar-refractivity contribution in [2.75, 3.05) is 7.11 Å². The van der Waals surface area contributed by atoms with Crippen molar-refractivity contribution in [2.45, 2.75) is 20.0 Å². The summed E-state index contributed by atoms with van der Waals surface area (Å²) in [6, 6.07) is 7.77. The lowest BCUT2D eigenvalue weighted by Crippen LogP contribution is -1.99. The van der Waals surface area contributed by atoms with Gasteiger partial charge in [0.25, 0.3) is 0 Å². The number of halogens is 2. The second-order valence-electron chi connectivity index (χ2n) is 4.05. The third kappa shape index (κ3) is 3.06. The minimum absolute atomic E-state index is 0.407. The van der Waals surface area contributed by atoms with E-state index in [0.717, 1.165) is 16.7 Å². The Hall–Kier alpha value is -1.16. The van der Waals surface area contributed by atoms with Crippen LogP contribution in [0.15, 0.2) is 24.3 Å². The maximum absolute atomic E-state index is 6.15. The molecule has 1 aromatic heterocycles. The summed E-state index contributed by atoms with van der Waals surface area (Å²) in [5.74, 6) is 0.528. The molecule has 0 aliphatic carbocycles. The Bertz CT molecular complexity index is 564. The Kier molecular flexibility index (Phi) is 4.75. The lowest BCUT2D eigenvalue weighted by atomic mass is 10.1. The fraction of sp³-hybridized carbons (Fsp3) is 0.286. The quantitative estimate of drug-likeness (QED) is 0.795. The Morgan fingerprint density at radius 3 is 2.32 bits per heavy atom. The van der Waals surface area contributed by atoms with Gasteiger partial charge >= 0.3 is 0 Å². The molecule has 0 aliphatic rings. The maximum Gasteiger partial charge on any atom is 0.162 e. The van der Waals surface area contributed by atoms with Crippen LogP contribution in [0.3, 0.4) is 0 Å².